The predicted octanol–water partition coefficient (Wildman–Crippen LogP) is 21.8. The SMILES string of the molecule is OCc1cc(-c2ccc3ccccc3c2)c2cc(Oc3ccc4cc(-c5cccc6ccccc56)ccc4c3-c3c(Oc4ccc5cc(CO)cc(-c6ccc7ccccc7c6)c5c4)ccc4cc(-c5cccc6ccccc56)ccc34)ccc2c1. The molecule has 0 radical (unpaired) electrons. The summed E-state index contributed by atoms with van der Waals surface area (Å²) < 4.78 is 14.8. The molecule has 406 valence electrons. The first kappa shape index (κ1) is 50.8. The van der Waals surface area contributed by atoms with E-state index in [0.717, 1.165) is 121 Å². The van der Waals surface area contributed by atoms with Crippen molar-refractivity contribution in [2.45, 2.75) is 13.2 Å². The van der Waals surface area contributed by atoms with Crippen LogP contribution in [0.2, 0.25) is 0 Å². The van der Waals surface area contributed by atoms with Gasteiger partial charge in [0.15, 0.2) is 0 Å². The first-order valence-electron chi connectivity index (χ1n) is 29.3. The lowest BCUT2D eigenvalue weighted by Crippen LogP contribution is -1.96. The van der Waals surface area contributed by atoms with Crippen LogP contribution in [-0.2, 0) is 13.2 Å². The summed E-state index contributed by atoms with van der Waals surface area (Å²) >= 11 is 0. The normalized spacial score (nSPS) is 11.7. The number of ether oxygens (including phenoxy) is 2. The average molecular weight is 1100 g/mol. The van der Waals surface area contributed by atoms with Gasteiger partial charge in [-0.15, -0.1) is 0 Å². The summed E-state index contributed by atoms with van der Waals surface area (Å²) in [6.45, 7) is -0.155. The van der Waals surface area contributed by atoms with Crippen LogP contribution in [0.1, 0.15) is 11.1 Å². The van der Waals surface area contributed by atoms with Crippen LogP contribution >= 0.6 is 0 Å². The molecule has 0 fully saturated rings. The highest BCUT2D eigenvalue weighted by Crippen LogP contribution is 2.50. The van der Waals surface area contributed by atoms with Gasteiger partial charge in [0.1, 0.15) is 23.0 Å². The molecule has 4 nitrogen and oxygen atoms in total. The Balaban J connectivity index is 0.921. The molecule has 0 saturated heterocycles. The minimum absolute atomic E-state index is 0.0776. The van der Waals surface area contributed by atoms with Gasteiger partial charge in [0.05, 0.1) is 13.2 Å². The molecular formula is C82H54O4. The van der Waals surface area contributed by atoms with E-state index >= 15 is 0 Å². The second-order valence-electron chi connectivity index (χ2n) is 22.5. The van der Waals surface area contributed by atoms with E-state index < -0.39 is 0 Å². The molecule has 0 heterocycles. The molecule has 2 N–H and O–H groups in total. The zero-order valence-corrected chi connectivity index (χ0v) is 46.8. The Morgan fingerprint density at radius 2 is 0.570 bits per heavy atom. The van der Waals surface area contributed by atoms with Gasteiger partial charge in [0, 0.05) is 11.1 Å². The first-order chi connectivity index (χ1) is 42.5. The van der Waals surface area contributed by atoms with Crippen molar-refractivity contribution in [3.8, 4) is 78.6 Å². The van der Waals surface area contributed by atoms with E-state index in [0.29, 0.717) is 23.0 Å². The van der Waals surface area contributed by atoms with Crippen molar-refractivity contribution in [3.05, 3.63) is 302 Å². The van der Waals surface area contributed by atoms with E-state index in [9.17, 15) is 10.2 Å². The smallest absolute Gasteiger partial charge is 0.136 e. The second-order valence-corrected chi connectivity index (χ2v) is 22.5. The fourth-order valence-electron chi connectivity index (χ4n) is 13.1. The maximum absolute atomic E-state index is 10.6. The van der Waals surface area contributed by atoms with Gasteiger partial charge >= 0.3 is 0 Å². The van der Waals surface area contributed by atoms with Crippen molar-refractivity contribution < 1.29 is 19.7 Å². The third-order valence-electron chi connectivity index (χ3n) is 17.3. The van der Waals surface area contributed by atoms with Crippen molar-refractivity contribution in [1.82, 2.24) is 0 Å². The Kier molecular flexibility index (Phi) is 12.5. The molecule has 0 saturated carbocycles. The van der Waals surface area contributed by atoms with E-state index in [1.165, 1.54) is 32.3 Å². The maximum atomic E-state index is 10.6. The minimum Gasteiger partial charge on any atom is -0.457 e. The minimum atomic E-state index is -0.0776. The van der Waals surface area contributed by atoms with Crippen LogP contribution in [0.5, 0.6) is 23.0 Å². The molecule has 0 unspecified atom stereocenters. The Bertz CT molecular complexity index is 5060. The monoisotopic (exact) mass is 1100 g/mol. The van der Waals surface area contributed by atoms with Gasteiger partial charge < -0.3 is 19.7 Å². The number of fused-ring (bicyclic) bond motifs is 8. The van der Waals surface area contributed by atoms with Gasteiger partial charge in [-0.25, -0.2) is 0 Å². The summed E-state index contributed by atoms with van der Waals surface area (Å²) in [5, 5.41) is 38.6. The van der Waals surface area contributed by atoms with Gasteiger partial charge in [0.25, 0.3) is 0 Å². The Labute approximate surface area is 497 Å². The summed E-state index contributed by atoms with van der Waals surface area (Å²) in [5.41, 5.74) is 12.2. The lowest BCUT2D eigenvalue weighted by Gasteiger charge is -2.21. The fourth-order valence-corrected chi connectivity index (χ4v) is 13.1. The van der Waals surface area contributed by atoms with Crippen LogP contribution in [0.4, 0.5) is 0 Å². The molecule has 4 heteroatoms. The van der Waals surface area contributed by atoms with E-state index in [4.69, 9.17) is 9.47 Å². The van der Waals surface area contributed by atoms with Gasteiger partial charge in [0.2, 0.25) is 0 Å². The molecule has 16 aromatic carbocycles. The number of aliphatic hydroxyl groups is 2. The lowest BCUT2D eigenvalue weighted by molar-refractivity contribution is 0.282. The zero-order valence-electron chi connectivity index (χ0n) is 46.8. The zero-order chi connectivity index (χ0) is 57.2. The van der Waals surface area contributed by atoms with E-state index in [1.54, 1.807) is 0 Å². The van der Waals surface area contributed by atoms with Crippen molar-refractivity contribution >= 4 is 86.2 Å². The Hall–Kier alpha value is -10.9. The molecule has 0 spiro atoms. The van der Waals surface area contributed by atoms with Gasteiger partial charge in [-0.3, -0.25) is 0 Å². The summed E-state index contributed by atoms with van der Waals surface area (Å²) in [6, 6.07) is 103. The average Bonchev–Trinajstić information content (AvgIpc) is 1.16. The highest BCUT2D eigenvalue weighted by Gasteiger charge is 2.23. The molecule has 0 bridgehead atoms. The third kappa shape index (κ3) is 9.04. The standard InChI is InChI=1S/C82H54O4/c83-49-51-39-59-27-33-67(47-77(59)75(41-51)65-25-23-53-11-1-3-15-57(53)43-65)85-79-37-31-63-45-61(71-21-9-17-55-13-5-7-19-69(55)71)29-35-73(63)81(79)82-74-36-30-62(72-22-10-18-56-14-6-8-20-70(56)72)46-64(74)32-38-80(82)86-68-34-28-60-40-52(50-84)42-76(78(60)48-68)66-26-24-54-12-2-4-16-58(54)44-66/h1-48,83-84H,49-50H2. The van der Waals surface area contributed by atoms with Crippen LogP contribution in [0.3, 0.4) is 0 Å². The number of hydrogen-bond acceptors (Lipinski definition) is 4. The fraction of sp³-hybridized carbons (Fsp3) is 0.0244. The summed E-state index contributed by atoms with van der Waals surface area (Å²) in [4.78, 5) is 0. The maximum Gasteiger partial charge on any atom is 0.136 e. The number of hydrogen-bond donors (Lipinski definition) is 2. The molecule has 0 aromatic heterocycles. The highest BCUT2D eigenvalue weighted by atomic mass is 16.5. The van der Waals surface area contributed by atoms with Crippen molar-refractivity contribution in [3.63, 3.8) is 0 Å². The van der Waals surface area contributed by atoms with Crippen LogP contribution in [-0.4, -0.2) is 10.2 Å². The molecule has 16 rings (SSSR count). The van der Waals surface area contributed by atoms with E-state index in [1.807, 2.05) is 12.1 Å². The molecule has 0 aliphatic rings. The third-order valence-corrected chi connectivity index (χ3v) is 17.3. The van der Waals surface area contributed by atoms with Crippen LogP contribution < -0.4 is 9.47 Å². The Morgan fingerprint density at radius 3 is 1.02 bits per heavy atom. The van der Waals surface area contributed by atoms with Gasteiger partial charge in [-0.1, -0.05) is 206 Å². The summed E-state index contributed by atoms with van der Waals surface area (Å²) in [6.07, 6.45) is 0. The largest absolute Gasteiger partial charge is 0.457 e. The summed E-state index contributed by atoms with van der Waals surface area (Å²) in [7, 11) is 0. The second kappa shape index (κ2) is 21.1. The molecule has 0 atom stereocenters. The molecule has 16 aromatic rings. The lowest BCUT2D eigenvalue weighted by atomic mass is 9.89. The van der Waals surface area contributed by atoms with Gasteiger partial charge in [-0.2, -0.15) is 0 Å². The van der Waals surface area contributed by atoms with Crippen LogP contribution in [0.15, 0.2) is 291 Å². The van der Waals surface area contributed by atoms with Crippen molar-refractivity contribution in [2.24, 2.45) is 0 Å². The van der Waals surface area contributed by atoms with E-state index in [2.05, 4.69) is 279 Å². The molecular weight excluding hydrogens is 1050 g/mol. The van der Waals surface area contributed by atoms with Crippen molar-refractivity contribution in [2.75, 3.05) is 0 Å². The quantitative estimate of drug-likeness (QED) is 0.136. The number of rotatable bonds is 11. The van der Waals surface area contributed by atoms with E-state index in [-0.39, 0.29) is 13.2 Å². The van der Waals surface area contributed by atoms with Crippen LogP contribution in [0, 0.1) is 0 Å². The van der Waals surface area contributed by atoms with Gasteiger partial charge in [-0.05, 0) is 227 Å². The number of aliphatic hydroxyl groups excluding tert-OH is 2. The molecule has 86 heavy (non-hydrogen) atoms. The summed E-state index contributed by atoms with van der Waals surface area (Å²) in [5.74, 6) is 2.67. The topological polar surface area (TPSA) is 58.9 Å². The highest BCUT2D eigenvalue weighted by molar-refractivity contribution is 6.13. The van der Waals surface area contributed by atoms with Crippen LogP contribution in [0.25, 0.3) is 142 Å². The predicted molar refractivity (Wildman–Crippen MR) is 359 cm³/mol. The molecule has 0 amide bonds. The first-order valence-corrected chi connectivity index (χ1v) is 29.3. The molecule has 0 aliphatic carbocycles. The molecule has 0 aliphatic heterocycles. The van der Waals surface area contributed by atoms with Crippen molar-refractivity contribution in [1.29, 1.82) is 0 Å². The Morgan fingerprint density at radius 1 is 0.221 bits per heavy atom. The number of benzene rings is 16.